The van der Waals surface area contributed by atoms with Gasteiger partial charge in [-0.3, -0.25) is 0 Å². The summed E-state index contributed by atoms with van der Waals surface area (Å²) in [5, 5.41) is 10.1. The maximum atomic E-state index is 11.4. The lowest BCUT2D eigenvalue weighted by Gasteiger charge is -2.60. The fourth-order valence-electron chi connectivity index (χ4n) is 7.45. The van der Waals surface area contributed by atoms with Gasteiger partial charge in [0.2, 0.25) is 0 Å². The fourth-order valence-corrected chi connectivity index (χ4v) is 7.45. The molecule has 0 radical (unpaired) electrons. The van der Waals surface area contributed by atoms with Gasteiger partial charge in [-0.1, -0.05) is 13.8 Å². The van der Waals surface area contributed by atoms with Gasteiger partial charge in [-0.05, 0) is 92.3 Å². The van der Waals surface area contributed by atoms with Crippen molar-refractivity contribution < 1.29 is 9.90 Å². The van der Waals surface area contributed by atoms with E-state index in [4.69, 9.17) is 0 Å². The number of fused-ring (bicyclic) bond motifs is 5. The highest BCUT2D eigenvalue weighted by Crippen LogP contribution is 2.66. The molecule has 4 aliphatic carbocycles. The van der Waals surface area contributed by atoms with Crippen molar-refractivity contribution in [3.05, 3.63) is 0 Å². The van der Waals surface area contributed by atoms with Crippen molar-refractivity contribution in [2.75, 3.05) is 0 Å². The first kappa shape index (κ1) is 15.2. The standard InChI is InChI=1S/C20H32O2/c1-19-7-6-17-16(18(19)9-13(11-19)12-21)4-3-14-10-15(22)5-8-20(14,17)2/h12-18,22H,3-11H2,1-2H3/t13?,14-,15?,16+,17-,18-,19+,20-/m0/s1. The molecule has 2 nitrogen and oxygen atoms in total. The molecule has 4 fully saturated rings. The van der Waals surface area contributed by atoms with Crippen LogP contribution in [0.1, 0.15) is 71.6 Å². The highest BCUT2D eigenvalue weighted by Gasteiger charge is 2.59. The summed E-state index contributed by atoms with van der Waals surface area (Å²) in [7, 11) is 0. The van der Waals surface area contributed by atoms with Gasteiger partial charge in [0.05, 0.1) is 6.10 Å². The van der Waals surface area contributed by atoms with Crippen molar-refractivity contribution >= 4 is 6.29 Å². The van der Waals surface area contributed by atoms with Gasteiger partial charge in [0.15, 0.2) is 0 Å². The Morgan fingerprint density at radius 1 is 1.00 bits per heavy atom. The van der Waals surface area contributed by atoms with Crippen LogP contribution in [-0.4, -0.2) is 17.5 Å². The first-order chi connectivity index (χ1) is 10.5. The molecule has 2 unspecified atom stereocenters. The molecule has 0 aromatic rings. The largest absolute Gasteiger partial charge is 0.393 e. The lowest BCUT2D eigenvalue weighted by molar-refractivity contribution is -0.120. The molecule has 0 saturated heterocycles. The molecular formula is C20H32O2. The van der Waals surface area contributed by atoms with Crippen LogP contribution in [0.3, 0.4) is 0 Å². The summed E-state index contributed by atoms with van der Waals surface area (Å²) in [5.74, 6) is 3.55. The lowest BCUT2D eigenvalue weighted by Crippen LogP contribution is -2.53. The minimum atomic E-state index is -0.0468. The topological polar surface area (TPSA) is 37.3 Å². The third-order valence-corrected chi connectivity index (χ3v) is 8.63. The van der Waals surface area contributed by atoms with Gasteiger partial charge in [0, 0.05) is 5.92 Å². The van der Waals surface area contributed by atoms with Gasteiger partial charge in [-0.15, -0.1) is 0 Å². The second-order valence-electron chi connectivity index (χ2n) is 9.61. The Kier molecular flexibility index (Phi) is 3.49. The molecule has 0 aromatic carbocycles. The van der Waals surface area contributed by atoms with E-state index >= 15 is 0 Å². The minimum Gasteiger partial charge on any atom is -0.393 e. The number of hydrogen-bond donors (Lipinski definition) is 1. The van der Waals surface area contributed by atoms with Crippen LogP contribution in [0.5, 0.6) is 0 Å². The number of rotatable bonds is 1. The Bertz CT molecular complexity index is 461. The summed E-state index contributed by atoms with van der Waals surface area (Å²) in [6.45, 7) is 5.01. The summed E-state index contributed by atoms with van der Waals surface area (Å²) in [5.41, 5.74) is 0.896. The monoisotopic (exact) mass is 304 g/mol. The predicted molar refractivity (Wildman–Crippen MR) is 87.3 cm³/mol. The molecule has 8 atom stereocenters. The van der Waals surface area contributed by atoms with E-state index in [2.05, 4.69) is 13.8 Å². The minimum absolute atomic E-state index is 0.0468. The third-order valence-electron chi connectivity index (χ3n) is 8.63. The SMILES string of the molecule is C[C@]12CC[C@H]3[C@@H](CC[C@H]4CC(O)CC[C@@]43C)[C@@H]1CC(C=O)C2. The maximum absolute atomic E-state index is 11.4. The zero-order valence-electron chi connectivity index (χ0n) is 14.3. The Morgan fingerprint density at radius 3 is 2.59 bits per heavy atom. The second kappa shape index (κ2) is 5.06. The first-order valence-corrected chi connectivity index (χ1v) is 9.59. The number of aliphatic hydroxyl groups excluding tert-OH is 1. The average molecular weight is 304 g/mol. The quantitative estimate of drug-likeness (QED) is 0.737. The molecule has 0 aliphatic heterocycles. The molecule has 0 spiro atoms. The van der Waals surface area contributed by atoms with E-state index in [1.165, 1.54) is 38.4 Å². The molecular weight excluding hydrogens is 272 g/mol. The molecule has 124 valence electrons. The highest BCUT2D eigenvalue weighted by atomic mass is 16.3. The normalized spacial score (nSPS) is 57.6. The van der Waals surface area contributed by atoms with Gasteiger partial charge < -0.3 is 9.90 Å². The van der Waals surface area contributed by atoms with Crippen molar-refractivity contribution in [1.29, 1.82) is 0 Å². The number of aliphatic hydroxyl groups is 1. The van der Waals surface area contributed by atoms with Crippen molar-refractivity contribution in [3.8, 4) is 0 Å². The van der Waals surface area contributed by atoms with Gasteiger partial charge >= 0.3 is 0 Å². The second-order valence-corrected chi connectivity index (χ2v) is 9.61. The Morgan fingerprint density at radius 2 is 1.82 bits per heavy atom. The van der Waals surface area contributed by atoms with E-state index in [9.17, 15) is 9.90 Å². The zero-order chi connectivity index (χ0) is 15.5. The molecule has 4 rings (SSSR count). The summed E-state index contributed by atoms with van der Waals surface area (Å²) in [4.78, 5) is 11.4. The van der Waals surface area contributed by atoms with E-state index in [1.54, 1.807) is 0 Å². The van der Waals surface area contributed by atoms with Crippen LogP contribution in [-0.2, 0) is 4.79 Å². The van der Waals surface area contributed by atoms with Crippen LogP contribution in [0.4, 0.5) is 0 Å². The van der Waals surface area contributed by atoms with Crippen molar-refractivity contribution in [2.24, 2.45) is 40.4 Å². The van der Waals surface area contributed by atoms with Gasteiger partial charge in [0.1, 0.15) is 6.29 Å². The molecule has 4 saturated carbocycles. The van der Waals surface area contributed by atoms with Crippen LogP contribution >= 0.6 is 0 Å². The Labute approximate surface area is 135 Å². The zero-order valence-corrected chi connectivity index (χ0v) is 14.3. The molecule has 0 aromatic heterocycles. The average Bonchev–Trinajstić information content (AvgIpc) is 2.85. The van der Waals surface area contributed by atoms with Gasteiger partial charge in [-0.2, -0.15) is 0 Å². The van der Waals surface area contributed by atoms with E-state index in [0.717, 1.165) is 49.4 Å². The number of hydrogen-bond acceptors (Lipinski definition) is 2. The summed E-state index contributed by atoms with van der Waals surface area (Å²) < 4.78 is 0. The molecule has 0 heterocycles. The lowest BCUT2D eigenvalue weighted by atomic mass is 9.45. The smallest absolute Gasteiger partial charge is 0.123 e. The number of carbonyl (C=O) groups is 1. The van der Waals surface area contributed by atoms with Crippen LogP contribution in [0.25, 0.3) is 0 Å². The first-order valence-electron chi connectivity index (χ1n) is 9.59. The number of aldehydes is 1. The van der Waals surface area contributed by atoms with Gasteiger partial charge in [0.25, 0.3) is 0 Å². The molecule has 1 N–H and O–H groups in total. The van der Waals surface area contributed by atoms with E-state index in [0.29, 0.717) is 16.7 Å². The maximum Gasteiger partial charge on any atom is 0.123 e. The van der Waals surface area contributed by atoms with Crippen molar-refractivity contribution in [2.45, 2.75) is 77.7 Å². The third kappa shape index (κ3) is 2.05. The van der Waals surface area contributed by atoms with Crippen LogP contribution in [0.15, 0.2) is 0 Å². The van der Waals surface area contributed by atoms with Crippen molar-refractivity contribution in [3.63, 3.8) is 0 Å². The summed E-state index contributed by atoms with van der Waals surface area (Å²) in [6.07, 6.45) is 12.1. The fraction of sp³-hybridized carbons (Fsp3) is 0.950. The Hall–Kier alpha value is -0.370. The molecule has 0 bridgehead atoms. The summed E-state index contributed by atoms with van der Waals surface area (Å²) >= 11 is 0. The van der Waals surface area contributed by atoms with Crippen LogP contribution in [0, 0.1) is 40.4 Å². The number of carbonyl (C=O) groups excluding carboxylic acids is 1. The van der Waals surface area contributed by atoms with Crippen LogP contribution in [0.2, 0.25) is 0 Å². The van der Waals surface area contributed by atoms with E-state index in [-0.39, 0.29) is 6.10 Å². The highest BCUT2D eigenvalue weighted by molar-refractivity contribution is 5.54. The molecule has 2 heteroatoms. The van der Waals surface area contributed by atoms with E-state index in [1.807, 2.05) is 0 Å². The van der Waals surface area contributed by atoms with Gasteiger partial charge in [-0.25, -0.2) is 0 Å². The Balaban J connectivity index is 1.61. The molecule has 0 amide bonds. The predicted octanol–water partition coefficient (Wildman–Crippen LogP) is 4.21. The molecule has 4 aliphatic rings. The van der Waals surface area contributed by atoms with E-state index < -0.39 is 0 Å². The molecule has 22 heavy (non-hydrogen) atoms. The van der Waals surface area contributed by atoms with Crippen molar-refractivity contribution in [1.82, 2.24) is 0 Å². The van der Waals surface area contributed by atoms with Crippen LogP contribution < -0.4 is 0 Å². The summed E-state index contributed by atoms with van der Waals surface area (Å²) in [6, 6.07) is 0.